The number of aromatic nitrogens is 1. The van der Waals surface area contributed by atoms with Gasteiger partial charge in [-0.25, -0.2) is 4.98 Å². The SMILES string of the molecule is CNc1ncccc1C(=O)N(C)Cc1ccc(Br)cc1. The molecule has 2 rings (SSSR count). The molecule has 4 nitrogen and oxygen atoms in total. The van der Waals surface area contributed by atoms with E-state index in [-0.39, 0.29) is 5.91 Å². The van der Waals surface area contributed by atoms with Crippen molar-refractivity contribution in [2.45, 2.75) is 6.54 Å². The molecule has 2 aromatic rings. The van der Waals surface area contributed by atoms with Gasteiger partial charge in [-0.2, -0.15) is 0 Å². The third kappa shape index (κ3) is 3.36. The van der Waals surface area contributed by atoms with Gasteiger partial charge in [-0.05, 0) is 29.8 Å². The summed E-state index contributed by atoms with van der Waals surface area (Å²) in [6.07, 6.45) is 1.66. The molecule has 1 amide bonds. The standard InChI is InChI=1S/C15H16BrN3O/c1-17-14-13(4-3-9-18-14)15(20)19(2)10-11-5-7-12(16)8-6-11/h3-9H,10H2,1-2H3,(H,17,18). The fourth-order valence-electron chi connectivity index (χ4n) is 1.92. The molecule has 0 fully saturated rings. The Morgan fingerprint density at radius 2 is 2.00 bits per heavy atom. The van der Waals surface area contributed by atoms with Crippen LogP contribution in [0.15, 0.2) is 47.1 Å². The second-order valence-corrected chi connectivity index (χ2v) is 5.35. The summed E-state index contributed by atoms with van der Waals surface area (Å²) >= 11 is 3.40. The molecule has 0 aliphatic carbocycles. The van der Waals surface area contributed by atoms with Crippen molar-refractivity contribution in [2.75, 3.05) is 19.4 Å². The number of amides is 1. The van der Waals surface area contributed by atoms with Gasteiger partial charge in [-0.1, -0.05) is 28.1 Å². The maximum absolute atomic E-state index is 12.4. The van der Waals surface area contributed by atoms with E-state index in [0.717, 1.165) is 10.0 Å². The second-order valence-electron chi connectivity index (χ2n) is 4.44. The largest absolute Gasteiger partial charge is 0.372 e. The third-order valence-corrected chi connectivity index (χ3v) is 3.48. The van der Waals surface area contributed by atoms with Gasteiger partial charge in [0.1, 0.15) is 5.82 Å². The van der Waals surface area contributed by atoms with Gasteiger partial charge in [0, 0.05) is 31.3 Å². The average molecular weight is 334 g/mol. The number of carbonyl (C=O) groups is 1. The van der Waals surface area contributed by atoms with Gasteiger partial charge in [0.05, 0.1) is 5.56 Å². The molecule has 20 heavy (non-hydrogen) atoms. The summed E-state index contributed by atoms with van der Waals surface area (Å²) in [6.45, 7) is 0.560. The van der Waals surface area contributed by atoms with Crippen molar-refractivity contribution >= 4 is 27.7 Å². The van der Waals surface area contributed by atoms with E-state index in [2.05, 4.69) is 26.2 Å². The Hall–Kier alpha value is -1.88. The minimum Gasteiger partial charge on any atom is -0.372 e. The number of rotatable bonds is 4. The molecule has 1 aromatic heterocycles. The second kappa shape index (κ2) is 6.52. The van der Waals surface area contributed by atoms with Crippen molar-refractivity contribution in [1.29, 1.82) is 0 Å². The Morgan fingerprint density at radius 1 is 1.30 bits per heavy atom. The summed E-state index contributed by atoms with van der Waals surface area (Å²) in [5, 5.41) is 2.94. The summed E-state index contributed by atoms with van der Waals surface area (Å²) in [6, 6.07) is 11.5. The lowest BCUT2D eigenvalue weighted by Crippen LogP contribution is -2.27. The fourth-order valence-corrected chi connectivity index (χ4v) is 2.18. The number of hydrogen-bond acceptors (Lipinski definition) is 3. The van der Waals surface area contributed by atoms with Crippen LogP contribution in [0.5, 0.6) is 0 Å². The molecule has 0 radical (unpaired) electrons. The molecule has 0 atom stereocenters. The topological polar surface area (TPSA) is 45.2 Å². The van der Waals surface area contributed by atoms with Gasteiger partial charge < -0.3 is 10.2 Å². The molecule has 0 bridgehead atoms. The lowest BCUT2D eigenvalue weighted by molar-refractivity contribution is 0.0785. The molecular formula is C15H16BrN3O. The number of anilines is 1. The number of benzene rings is 1. The molecule has 0 spiro atoms. The third-order valence-electron chi connectivity index (χ3n) is 2.95. The van der Waals surface area contributed by atoms with E-state index in [1.54, 1.807) is 37.3 Å². The number of carbonyl (C=O) groups excluding carboxylic acids is 1. The van der Waals surface area contributed by atoms with Crippen LogP contribution >= 0.6 is 15.9 Å². The first-order valence-corrected chi connectivity index (χ1v) is 7.04. The summed E-state index contributed by atoms with van der Waals surface area (Å²) in [7, 11) is 3.55. The fraction of sp³-hybridized carbons (Fsp3) is 0.200. The number of nitrogens with zero attached hydrogens (tertiary/aromatic N) is 2. The highest BCUT2D eigenvalue weighted by Crippen LogP contribution is 2.16. The molecule has 0 unspecified atom stereocenters. The zero-order valence-corrected chi connectivity index (χ0v) is 13.0. The minimum atomic E-state index is -0.0506. The molecule has 1 N–H and O–H groups in total. The van der Waals surface area contributed by atoms with Crippen LogP contribution in [0, 0.1) is 0 Å². The van der Waals surface area contributed by atoms with Gasteiger partial charge in [0.2, 0.25) is 0 Å². The number of pyridine rings is 1. The Bertz CT molecular complexity index is 598. The van der Waals surface area contributed by atoms with Gasteiger partial charge >= 0.3 is 0 Å². The lowest BCUT2D eigenvalue weighted by atomic mass is 10.2. The molecule has 0 aliphatic rings. The van der Waals surface area contributed by atoms with Crippen LogP contribution < -0.4 is 5.32 Å². The predicted octanol–water partition coefficient (Wildman–Crippen LogP) is 3.16. The molecule has 104 valence electrons. The summed E-state index contributed by atoms with van der Waals surface area (Å²) in [5.74, 6) is 0.547. The molecule has 1 aromatic carbocycles. The van der Waals surface area contributed by atoms with Crippen molar-refractivity contribution in [3.8, 4) is 0 Å². The van der Waals surface area contributed by atoms with E-state index in [4.69, 9.17) is 0 Å². The highest BCUT2D eigenvalue weighted by molar-refractivity contribution is 9.10. The predicted molar refractivity (Wildman–Crippen MR) is 83.7 cm³/mol. The smallest absolute Gasteiger partial charge is 0.257 e. The summed E-state index contributed by atoms with van der Waals surface area (Å²) < 4.78 is 1.03. The summed E-state index contributed by atoms with van der Waals surface area (Å²) in [5.41, 5.74) is 1.66. The quantitative estimate of drug-likeness (QED) is 0.934. The average Bonchev–Trinajstić information content (AvgIpc) is 2.48. The van der Waals surface area contributed by atoms with Crippen molar-refractivity contribution in [1.82, 2.24) is 9.88 Å². The molecule has 0 saturated heterocycles. The zero-order chi connectivity index (χ0) is 14.5. The van der Waals surface area contributed by atoms with Gasteiger partial charge in [-0.3, -0.25) is 4.79 Å². The first kappa shape index (κ1) is 14.5. The molecule has 0 saturated carbocycles. The van der Waals surface area contributed by atoms with E-state index in [1.807, 2.05) is 24.3 Å². The highest BCUT2D eigenvalue weighted by Gasteiger charge is 2.16. The van der Waals surface area contributed by atoms with E-state index in [0.29, 0.717) is 17.9 Å². The maximum Gasteiger partial charge on any atom is 0.257 e. The Labute approximate surface area is 127 Å². The van der Waals surface area contributed by atoms with Crippen LogP contribution in [-0.2, 0) is 6.54 Å². The van der Waals surface area contributed by atoms with Crippen LogP contribution in [0.4, 0.5) is 5.82 Å². The van der Waals surface area contributed by atoms with E-state index in [1.165, 1.54) is 0 Å². The normalized spacial score (nSPS) is 10.2. The van der Waals surface area contributed by atoms with Crippen LogP contribution in [-0.4, -0.2) is 29.9 Å². The zero-order valence-electron chi connectivity index (χ0n) is 11.4. The number of nitrogens with one attached hydrogen (secondary N) is 1. The van der Waals surface area contributed by atoms with Crippen LogP contribution in [0.1, 0.15) is 15.9 Å². The highest BCUT2D eigenvalue weighted by atomic mass is 79.9. The Morgan fingerprint density at radius 3 is 2.65 bits per heavy atom. The van der Waals surface area contributed by atoms with Crippen LogP contribution in [0.3, 0.4) is 0 Å². The van der Waals surface area contributed by atoms with Crippen molar-refractivity contribution in [3.63, 3.8) is 0 Å². The minimum absolute atomic E-state index is 0.0506. The van der Waals surface area contributed by atoms with Crippen molar-refractivity contribution < 1.29 is 4.79 Å². The van der Waals surface area contributed by atoms with E-state index >= 15 is 0 Å². The van der Waals surface area contributed by atoms with Gasteiger partial charge in [0.25, 0.3) is 5.91 Å². The first-order chi connectivity index (χ1) is 9.61. The lowest BCUT2D eigenvalue weighted by Gasteiger charge is -2.18. The van der Waals surface area contributed by atoms with Crippen LogP contribution in [0.25, 0.3) is 0 Å². The Balaban J connectivity index is 2.14. The van der Waals surface area contributed by atoms with E-state index in [9.17, 15) is 4.79 Å². The molecule has 1 heterocycles. The molecule has 5 heteroatoms. The monoisotopic (exact) mass is 333 g/mol. The first-order valence-electron chi connectivity index (χ1n) is 6.24. The Kier molecular flexibility index (Phi) is 4.74. The van der Waals surface area contributed by atoms with E-state index < -0.39 is 0 Å². The number of halogens is 1. The summed E-state index contributed by atoms with van der Waals surface area (Å²) in [4.78, 5) is 18.3. The van der Waals surface area contributed by atoms with Crippen molar-refractivity contribution in [3.05, 3.63) is 58.2 Å². The van der Waals surface area contributed by atoms with Crippen molar-refractivity contribution in [2.24, 2.45) is 0 Å². The maximum atomic E-state index is 12.4. The van der Waals surface area contributed by atoms with Gasteiger partial charge in [-0.15, -0.1) is 0 Å². The van der Waals surface area contributed by atoms with Gasteiger partial charge in [0.15, 0.2) is 0 Å². The molecular weight excluding hydrogens is 318 g/mol. The van der Waals surface area contributed by atoms with Crippen LogP contribution in [0.2, 0.25) is 0 Å². The number of hydrogen-bond donors (Lipinski definition) is 1. The molecule has 0 aliphatic heterocycles.